The summed E-state index contributed by atoms with van der Waals surface area (Å²) in [6.07, 6.45) is 1.58. The van der Waals surface area contributed by atoms with E-state index in [2.05, 4.69) is 10.0 Å². The predicted molar refractivity (Wildman–Crippen MR) is 107 cm³/mol. The van der Waals surface area contributed by atoms with Gasteiger partial charge in [0.05, 0.1) is 17.5 Å². The Morgan fingerprint density at radius 2 is 2.00 bits per heavy atom. The molecule has 1 aromatic heterocycles. The Labute approximate surface area is 173 Å². The van der Waals surface area contributed by atoms with Crippen molar-refractivity contribution in [3.63, 3.8) is 0 Å². The van der Waals surface area contributed by atoms with Gasteiger partial charge in [-0.1, -0.05) is 6.07 Å². The summed E-state index contributed by atoms with van der Waals surface area (Å²) in [6.45, 7) is 0.905. The Hall–Kier alpha value is -1.83. The molecule has 0 saturated carbocycles. The van der Waals surface area contributed by atoms with E-state index in [-0.39, 0.29) is 33.9 Å². The lowest BCUT2D eigenvalue weighted by Crippen LogP contribution is -2.32. The van der Waals surface area contributed by atoms with E-state index >= 15 is 0 Å². The number of primary sulfonamides is 1. The van der Waals surface area contributed by atoms with Crippen molar-refractivity contribution in [2.45, 2.75) is 34.6 Å². The average Bonchev–Trinajstić information content (AvgIpc) is 3.36. The smallest absolute Gasteiger partial charge is 0.251 e. The summed E-state index contributed by atoms with van der Waals surface area (Å²) in [6, 6.07) is 8.61. The molecule has 1 amide bonds. The van der Waals surface area contributed by atoms with Crippen LogP contribution in [0.25, 0.3) is 0 Å². The number of thiophene rings is 1. The van der Waals surface area contributed by atoms with Gasteiger partial charge in [-0.25, -0.2) is 26.7 Å². The number of ether oxygens (including phenoxy) is 1. The van der Waals surface area contributed by atoms with E-state index in [4.69, 9.17) is 9.88 Å². The molecular weight excluding hydrogens is 438 g/mol. The number of carbonyl (C=O) groups excluding carboxylic acids is 1. The van der Waals surface area contributed by atoms with Gasteiger partial charge < -0.3 is 10.1 Å². The fraction of sp³-hybridized carbons (Fsp3) is 0.353. The topological polar surface area (TPSA) is 145 Å². The van der Waals surface area contributed by atoms with E-state index in [0.29, 0.717) is 11.5 Å². The summed E-state index contributed by atoms with van der Waals surface area (Å²) in [5, 5.41) is 7.70. The van der Waals surface area contributed by atoms with Crippen molar-refractivity contribution in [2.24, 2.45) is 5.14 Å². The third kappa shape index (κ3) is 5.84. The van der Waals surface area contributed by atoms with Crippen LogP contribution in [0, 0.1) is 0 Å². The molecule has 1 fully saturated rings. The summed E-state index contributed by atoms with van der Waals surface area (Å²) in [5.74, 6) is -0.480. The highest BCUT2D eigenvalue weighted by Gasteiger charge is 2.21. The van der Waals surface area contributed by atoms with Crippen LogP contribution in [0.5, 0.6) is 0 Å². The molecule has 0 spiro atoms. The zero-order chi connectivity index (χ0) is 21.1. The Balaban J connectivity index is 1.63. The number of nitrogens with two attached hydrogens (primary N) is 1. The van der Waals surface area contributed by atoms with E-state index < -0.39 is 26.0 Å². The second-order valence-electron chi connectivity index (χ2n) is 6.46. The normalized spacial score (nSPS) is 17.3. The van der Waals surface area contributed by atoms with Crippen molar-refractivity contribution in [1.82, 2.24) is 10.0 Å². The van der Waals surface area contributed by atoms with Crippen LogP contribution in [0.3, 0.4) is 0 Å². The molecule has 1 aliphatic rings. The van der Waals surface area contributed by atoms with Crippen LogP contribution in [-0.4, -0.2) is 42.0 Å². The highest BCUT2D eigenvalue weighted by atomic mass is 32.2. The van der Waals surface area contributed by atoms with Crippen molar-refractivity contribution in [3.8, 4) is 0 Å². The van der Waals surface area contributed by atoms with Crippen LogP contribution < -0.4 is 15.2 Å². The van der Waals surface area contributed by atoms with Crippen LogP contribution in [0.15, 0.2) is 45.5 Å². The van der Waals surface area contributed by atoms with Crippen molar-refractivity contribution >= 4 is 37.3 Å². The highest BCUT2D eigenvalue weighted by molar-refractivity contribution is 7.91. The lowest BCUT2D eigenvalue weighted by atomic mass is 10.2. The van der Waals surface area contributed by atoms with Gasteiger partial charge in [-0.3, -0.25) is 4.79 Å². The molecular formula is C17H21N3O6S3. The van der Waals surface area contributed by atoms with Gasteiger partial charge in [-0.05, 0) is 43.2 Å². The molecule has 0 aliphatic carbocycles. The second-order valence-corrected chi connectivity index (χ2v) is 11.2. The Kier molecular flexibility index (Phi) is 6.71. The first-order valence-electron chi connectivity index (χ1n) is 8.76. The van der Waals surface area contributed by atoms with Gasteiger partial charge in [-0.2, -0.15) is 0 Å². The zero-order valence-corrected chi connectivity index (χ0v) is 17.8. The summed E-state index contributed by atoms with van der Waals surface area (Å²) >= 11 is 0.958. The molecule has 2 aromatic rings. The number of nitrogens with one attached hydrogen (secondary N) is 2. The molecule has 12 heteroatoms. The van der Waals surface area contributed by atoms with Gasteiger partial charge in [0.2, 0.25) is 20.0 Å². The van der Waals surface area contributed by atoms with Crippen molar-refractivity contribution in [3.05, 3.63) is 46.8 Å². The van der Waals surface area contributed by atoms with Crippen LogP contribution in [0.4, 0.5) is 0 Å². The van der Waals surface area contributed by atoms with Crippen LogP contribution in [-0.2, 0) is 31.3 Å². The van der Waals surface area contributed by atoms with Gasteiger partial charge >= 0.3 is 0 Å². The molecule has 1 saturated heterocycles. The van der Waals surface area contributed by atoms with Crippen molar-refractivity contribution < 1.29 is 26.4 Å². The van der Waals surface area contributed by atoms with E-state index in [1.165, 1.54) is 30.3 Å². The Morgan fingerprint density at radius 1 is 1.21 bits per heavy atom. The van der Waals surface area contributed by atoms with Gasteiger partial charge in [0, 0.05) is 23.6 Å². The highest BCUT2D eigenvalue weighted by Crippen LogP contribution is 2.20. The fourth-order valence-corrected chi connectivity index (χ4v) is 5.60. The molecule has 0 radical (unpaired) electrons. The monoisotopic (exact) mass is 459 g/mol. The van der Waals surface area contributed by atoms with Gasteiger partial charge in [-0.15, -0.1) is 11.3 Å². The quantitative estimate of drug-likeness (QED) is 0.532. The van der Waals surface area contributed by atoms with E-state index in [1.807, 2.05) is 0 Å². The largest absolute Gasteiger partial charge is 0.377 e. The number of hydrogen-bond donors (Lipinski definition) is 3. The zero-order valence-electron chi connectivity index (χ0n) is 15.3. The maximum atomic E-state index is 12.5. The molecule has 9 nitrogen and oxygen atoms in total. The minimum absolute atomic E-state index is 0.00663. The lowest BCUT2D eigenvalue weighted by molar-refractivity contribution is 0.0951. The first kappa shape index (κ1) is 21.9. The standard InChI is InChI=1S/C17H21N3O6S3/c18-28(22,23)16-7-6-14(27-16)11-19-17(21)12-3-1-5-15(9-12)29(24,25)20-10-13-4-2-8-26-13/h1,3,5-7,9,13,20H,2,4,8,10-11H2,(H,19,21)(H2,18,22,23). The lowest BCUT2D eigenvalue weighted by Gasteiger charge is -2.12. The van der Waals surface area contributed by atoms with E-state index in [0.717, 1.165) is 24.2 Å². The number of hydrogen-bond acceptors (Lipinski definition) is 7. The van der Waals surface area contributed by atoms with E-state index in [1.54, 1.807) is 6.07 Å². The summed E-state index contributed by atoms with van der Waals surface area (Å²) < 4.78 is 55.5. The van der Waals surface area contributed by atoms with Gasteiger partial charge in [0.15, 0.2) is 0 Å². The first-order valence-corrected chi connectivity index (χ1v) is 12.6. The first-order chi connectivity index (χ1) is 13.6. The minimum Gasteiger partial charge on any atom is -0.377 e. The number of amides is 1. The fourth-order valence-electron chi connectivity index (χ4n) is 2.77. The maximum absolute atomic E-state index is 12.5. The van der Waals surface area contributed by atoms with Crippen molar-refractivity contribution in [2.75, 3.05) is 13.2 Å². The van der Waals surface area contributed by atoms with Crippen LogP contribution in [0.2, 0.25) is 0 Å². The molecule has 4 N–H and O–H groups in total. The average molecular weight is 460 g/mol. The van der Waals surface area contributed by atoms with Crippen molar-refractivity contribution in [1.29, 1.82) is 0 Å². The van der Waals surface area contributed by atoms with Crippen LogP contribution in [0.1, 0.15) is 28.1 Å². The number of rotatable bonds is 8. The second kappa shape index (κ2) is 8.90. The number of sulfonamides is 2. The van der Waals surface area contributed by atoms with Gasteiger partial charge in [0.25, 0.3) is 5.91 Å². The summed E-state index contributed by atoms with van der Waals surface area (Å²) in [7, 11) is -7.56. The molecule has 1 atom stereocenters. The molecule has 2 heterocycles. The minimum atomic E-state index is -3.78. The summed E-state index contributed by atoms with van der Waals surface area (Å²) in [5.41, 5.74) is 0.174. The Morgan fingerprint density at radius 3 is 2.66 bits per heavy atom. The third-order valence-corrected chi connectivity index (χ3v) is 8.22. The van der Waals surface area contributed by atoms with Crippen LogP contribution >= 0.6 is 11.3 Å². The molecule has 3 rings (SSSR count). The molecule has 1 unspecified atom stereocenters. The molecule has 1 aliphatic heterocycles. The molecule has 29 heavy (non-hydrogen) atoms. The van der Waals surface area contributed by atoms with E-state index in [9.17, 15) is 21.6 Å². The molecule has 1 aromatic carbocycles. The Bertz CT molecular complexity index is 1090. The summed E-state index contributed by atoms with van der Waals surface area (Å²) in [4.78, 5) is 13.0. The molecule has 158 valence electrons. The van der Waals surface area contributed by atoms with Gasteiger partial charge in [0.1, 0.15) is 4.21 Å². The molecule has 0 bridgehead atoms. The maximum Gasteiger partial charge on any atom is 0.251 e. The SMILES string of the molecule is NS(=O)(=O)c1ccc(CNC(=O)c2cccc(S(=O)(=O)NCC3CCCO3)c2)s1. The number of carbonyl (C=O) groups is 1. The predicted octanol–water partition coefficient (Wildman–Crippen LogP) is 0.783. The third-order valence-electron chi connectivity index (χ3n) is 4.27. The number of benzene rings is 1.